The van der Waals surface area contributed by atoms with Gasteiger partial charge in [-0.25, -0.2) is 23.0 Å². The smallest absolute Gasteiger partial charge is 0.317 e. The molecule has 152 valence electrons. The van der Waals surface area contributed by atoms with Gasteiger partial charge in [0.2, 0.25) is 6.08 Å². The highest BCUT2D eigenvalue weighted by atomic mass is 32.2. The van der Waals surface area contributed by atoms with Gasteiger partial charge >= 0.3 is 6.03 Å². The maximum atomic E-state index is 11.4. The normalized spacial score (nSPS) is 18.6. The van der Waals surface area contributed by atoms with Crippen LogP contribution >= 0.6 is 0 Å². The van der Waals surface area contributed by atoms with Crippen LogP contribution in [0, 0.1) is 0 Å². The quantitative estimate of drug-likeness (QED) is 0.546. The van der Waals surface area contributed by atoms with E-state index in [0.29, 0.717) is 24.6 Å². The Balaban J connectivity index is 0.000000388. The van der Waals surface area contributed by atoms with Crippen molar-refractivity contribution in [2.24, 2.45) is 4.99 Å². The molecule has 9 heteroatoms. The van der Waals surface area contributed by atoms with E-state index in [1.54, 1.807) is 0 Å². The summed E-state index contributed by atoms with van der Waals surface area (Å²) in [5, 5.41) is 5.86. The number of likely N-dealkylation sites (tertiary alicyclic amines) is 1. The highest BCUT2D eigenvalue weighted by molar-refractivity contribution is 7.91. The van der Waals surface area contributed by atoms with Crippen LogP contribution in [0.5, 0.6) is 0 Å². The number of isocyanates is 1. The number of aliphatic imine (C=N–C) groups is 1. The topological polar surface area (TPSA) is 108 Å². The summed E-state index contributed by atoms with van der Waals surface area (Å²) in [5.74, 6) is 0.625. The molecule has 2 fully saturated rings. The Kier molecular flexibility index (Phi) is 13.0. The third kappa shape index (κ3) is 13.8. The number of nitrogens with zero attached hydrogens (tertiary/aromatic N) is 2. The van der Waals surface area contributed by atoms with E-state index in [0.717, 1.165) is 25.9 Å². The van der Waals surface area contributed by atoms with Gasteiger partial charge in [0, 0.05) is 32.2 Å². The summed E-state index contributed by atoms with van der Waals surface area (Å²) in [6.45, 7) is 10.7. The maximum absolute atomic E-state index is 11.4. The highest BCUT2D eigenvalue weighted by Crippen LogP contribution is 2.08. The zero-order valence-corrected chi connectivity index (χ0v) is 17.3. The van der Waals surface area contributed by atoms with E-state index >= 15 is 0 Å². The lowest BCUT2D eigenvalue weighted by molar-refractivity contribution is 0.184. The molecule has 26 heavy (non-hydrogen) atoms. The van der Waals surface area contributed by atoms with Crippen molar-refractivity contribution < 1.29 is 18.0 Å². The summed E-state index contributed by atoms with van der Waals surface area (Å²) < 4.78 is 21.2. The van der Waals surface area contributed by atoms with Crippen molar-refractivity contribution in [3.63, 3.8) is 0 Å². The van der Waals surface area contributed by atoms with Crippen LogP contribution in [-0.2, 0) is 14.6 Å². The van der Waals surface area contributed by atoms with E-state index in [4.69, 9.17) is 0 Å². The predicted molar refractivity (Wildman–Crippen MR) is 104 cm³/mol. The van der Waals surface area contributed by atoms with Crippen molar-refractivity contribution in [1.29, 1.82) is 0 Å². The molecule has 0 bridgehead atoms. The highest BCUT2D eigenvalue weighted by Gasteiger charge is 2.16. The minimum Gasteiger partial charge on any atom is -0.336 e. The van der Waals surface area contributed by atoms with Gasteiger partial charge in [0.15, 0.2) is 9.84 Å². The molecule has 8 nitrogen and oxygen atoms in total. The first-order valence-electron chi connectivity index (χ1n) is 9.21. The Morgan fingerprint density at radius 2 is 1.62 bits per heavy atom. The summed E-state index contributed by atoms with van der Waals surface area (Å²) in [6.07, 6.45) is 5.03. The van der Waals surface area contributed by atoms with Gasteiger partial charge in [-0.1, -0.05) is 0 Å². The van der Waals surface area contributed by atoms with Crippen LogP contribution in [0.3, 0.4) is 0 Å². The van der Waals surface area contributed by atoms with Gasteiger partial charge in [0.25, 0.3) is 0 Å². The number of piperidine rings is 1. The predicted octanol–water partition coefficient (Wildman–Crippen LogP) is 1.33. The van der Waals surface area contributed by atoms with E-state index in [-0.39, 0.29) is 18.1 Å². The summed E-state index contributed by atoms with van der Waals surface area (Å²) in [4.78, 5) is 26.0. The Hall–Kier alpha value is -1.44. The van der Waals surface area contributed by atoms with E-state index in [2.05, 4.69) is 15.6 Å². The molecule has 2 rings (SSSR count). The lowest BCUT2D eigenvalue weighted by Gasteiger charge is -2.27. The second-order valence-electron chi connectivity index (χ2n) is 6.87. The molecule has 2 amide bonds. The van der Waals surface area contributed by atoms with Crippen LogP contribution in [0.4, 0.5) is 4.79 Å². The van der Waals surface area contributed by atoms with Crippen LogP contribution in [0.2, 0.25) is 0 Å². The second-order valence-corrected chi connectivity index (χ2v) is 9.17. The van der Waals surface area contributed by atoms with Gasteiger partial charge in [0.05, 0.1) is 17.5 Å². The number of hydrogen-bond donors (Lipinski definition) is 2. The summed E-state index contributed by atoms with van der Waals surface area (Å²) in [7, 11) is -2.65. The molecule has 0 radical (unpaired) electrons. The van der Waals surface area contributed by atoms with Crippen LogP contribution < -0.4 is 10.6 Å². The third-order valence-corrected chi connectivity index (χ3v) is 5.20. The first-order valence-corrected chi connectivity index (χ1v) is 11.0. The first kappa shape index (κ1) is 24.6. The Labute approximate surface area is 157 Å². The lowest BCUT2D eigenvalue weighted by atomic mass is 10.1. The molecule has 2 aliphatic rings. The summed E-state index contributed by atoms with van der Waals surface area (Å²) in [6, 6.07) is 0.451. The number of nitrogens with one attached hydrogen (secondary N) is 2. The number of amides is 2. The summed E-state index contributed by atoms with van der Waals surface area (Å²) >= 11 is 0. The van der Waals surface area contributed by atoms with Crippen molar-refractivity contribution in [1.82, 2.24) is 15.5 Å². The molecular weight excluding hydrogens is 356 g/mol. The third-order valence-electron chi connectivity index (χ3n) is 3.55. The van der Waals surface area contributed by atoms with Crippen molar-refractivity contribution in [3.05, 3.63) is 0 Å². The Bertz CT molecular complexity index is 525. The molecular formula is C17H34N4O4S. The minimum atomic E-state index is -2.65. The number of hydrogen-bond acceptors (Lipinski definition) is 6. The van der Waals surface area contributed by atoms with Crippen LogP contribution in [0.25, 0.3) is 0 Å². The molecule has 0 aromatic rings. The largest absolute Gasteiger partial charge is 0.336 e. The Morgan fingerprint density at radius 1 is 1.08 bits per heavy atom. The van der Waals surface area contributed by atoms with Gasteiger partial charge in [-0.3, -0.25) is 0 Å². The summed E-state index contributed by atoms with van der Waals surface area (Å²) in [5.41, 5.74) is 0. The fourth-order valence-electron chi connectivity index (χ4n) is 2.22. The molecule has 2 N–H and O–H groups in total. The van der Waals surface area contributed by atoms with E-state index in [1.807, 2.05) is 32.6 Å². The van der Waals surface area contributed by atoms with Gasteiger partial charge in [0.1, 0.15) is 0 Å². The molecule has 2 saturated heterocycles. The van der Waals surface area contributed by atoms with E-state index in [9.17, 15) is 18.0 Å². The molecule has 2 aliphatic heterocycles. The maximum Gasteiger partial charge on any atom is 0.317 e. The fourth-order valence-corrected chi connectivity index (χ4v) is 3.34. The van der Waals surface area contributed by atoms with E-state index in [1.165, 1.54) is 12.5 Å². The van der Waals surface area contributed by atoms with Gasteiger partial charge in [-0.05, 0) is 47.0 Å². The first-order chi connectivity index (χ1) is 12.2. The number of carbonyl (C=O) groups is 1. The SMILES string of the molecule is CC(C)N=C=O.CC(C)NC(=O)N1CCCCC1.O=S1(=O)CCNCC1. The molecule has 0 saturated carbocycles. The van der Waals surface area contributed by atoms with Gasteiger partial charge in [-0.15, -0.1) is 0 Å². The minimum absolute atomic E-state index is 0.0995. The van der Waals surface area contributed by atoms with E-state index < -0.39 is 9.84 Å². The monoisotopic (exact) mass is 390 g/mol. The Morgan fingerprint density at radius 3 is 1.92 bits per heavy atom. The molecule has 0 aromatic heterocycles. The average Bonchev–Trinajstić information content (AvgIpc) is 2.56. The molecule has 0 aromatic carbocycles. The standard InChI is InChI=1S/C9H18N2O.C4H9NO2S.C4H7NO/c1-8(2)10-9(12)11-6-4-3-5-7-11;6-8(7)3-1-5-2-4-8;1-4(2)5-3-6/h8H,3-7H2,1-2H3,(H,10,12);5H,1-4H2;4H,1-2H3. The molecule has 0 unspecified atom stereocenters. The van der Waals surface area contributed by atoms with Crippen molar-refractivity contribution in [2.45, 2.75) is 59.0 Å². The molecule has 0 spiro atoms. The molecule has 0 aliphatic carbocycles. The van der Waals surface area contributed by atoms with Crippen LogP contribution in [-0.4, -0.2) is 75.2 Å². The molecule has 2 heterocycles. The lowest BCUT2D eigenvalue weighted by Crippen LogP contribution is -2.45. The number of rotatable bonds is 2. The van der Waals surface area contributed by atoms with Crippen LogP contribution in [0.15, 0.2) is 4.99 Å². The van der Waals surface area contributed by atoms with Crippen molar-refractivity contribution >= 4 is 21.9 Å². The zero-order valence-electron chi connectivity index (χ0n) is 16.5. The number of carbonyl (C=O) groups excluding carboxylic acids is 2. The van der Waals surface area contributed by atoms with Gasteiger partial charge < -0.3 is 15.5 Å². The van der Waals surface area contributed by atoms with Crippen LogP contribution in [0.1, 0.15) is 47.0 Å². The second kappa shape index (κ2) is 13.7. The number of urea groups is 1. The van der Waals surface area contributed by atoms with Gasteiger partial charge in [-0.2, -0.15) is 0 Å². The van der Waals surface area contributed by atoms with Crippen molar-refractivity contribution in [3.8, 4) is 0 Å². The zero-order chi connectivity index (χ0) is 20.0. The molecule has 0 atom stereocenters. The average molecular weight is 391 g/mol. The fraction of sp³-hybridized carbons (Fsp3) is 0.882. The van der Waals surface area contributed by atoms with Crippen molar-refractivity contribution in [2.75, 3.05) is 37.7 Å². The number of sulfone groups is 1.